The average molecular weight is 351 g/mol. The topological polar surface area (TPSA) is 54.5 Å². The van der Waals surface area contributed by atoms with Gasteiger partial charge in [0, 0.05) is 37.9 Å². The van der Waals surface area contributed by atoms with Gasteiger partial charge in [-0.2, -0.15) is 0 Å². The summed E-state index contributed by atoms with van der Waals surface area (Å²) in [5, 5.41) is 3.54. The van der Waals surface area contributed by atoms with Crippen molar-refractivity contribution < 1.29 is 9.53 Å². The van der Waals surface area contributed by atoms with Crippen molar-refractivity contribution in [2.24, 2.45) is 0 Å². The highest BCUT2D eigenvalue weighted by molar-refractivity contribution is 5.92. The van der Waals surface area contributed by atoms with E-state index in [2.05, 4.69) is 28.5 Å². The van der Waals surface area contributed by atoms with E-state index in [0.717, 1.165) is 44.5 Å². The second kappa shape index (κ2) is 7.08. The molecule has 1 aliphatic heterocycles. The molecule has 0 radical (unpaired) electrons. The molecular formula is C21H25N3O2. The highest BCUT2D eigenvalue weighted by Gasteiger charge is 2.40. The molecule has 4 rings (SSSR count). The van der Waals surface area contributed by atoms with Crippen LogP contribution < -0.4 is 10.1 Å². The predicted octanol–water partition coefficient (Wildman–Crippen LogP) is 3.02. The molecule has 1 aromatic carbocycles. The van der Waals surface area contributed by atoms with Crippen LogP contribution >= 0.6 is 0 Å². The predicted molar refractivity (Wildman–Crippen MR) is 100 cm³/mol. The van der Waals surface area contributed by atoms with Gasteiger partial charge in [-0.1, -0.05) is 24.3 Å². The number of fused-ring (bicyclic) bond motifs is 1. The molecule has 2 aromatic rings. The van der Waals surface area contributed by atoms with Crippen LogP contribution in [-0.2, 0) is 6.54 Å². The fraction of sp³-hybridized carbons (Fsp3) is 0.429. The maximum Gasteiger partial charge on any atom is 0.272 e. The van der Waals surface area contributed by atoms with Crippen LogP contribution in [0.3, 0.4) is 0 Å². The van der Waals surface area contributed by atoms with Crippen molar-refractivity contribution >= 4 is 5.91 Å². The van der Waals surface area contributed by atoms with E-state index < -0.39 is 0 Å². The van der Waals surface area contributed by atoms with Gasteiger partial charge in [0.25, 0.3) is 5.91 Å². The summed E-state index contributed by atoms with van der Waals surface area (Å²) in [7, 11) is 1.89. The zero-order chi connectivity index (χ0) is 18.0. The standard InChI is InChI=1S/C21H25N3O2/c1-24(20(25)18-7-4-5-13-23-18)17-9-11-21(12-10-17)15-22-14-16-6-2-3-8-19(16)26-21/h2-8,13,17,22H,9-12,14-15H2,1H3. The molecule has 0 bridgehead atoms. The van der Waals surface area contributed by atoms with Crippen LogP contribution in [0.5, 0.6) is 5.75 Å². The summed E-state index contributed by atoms with van der Waals surface area (Å²) in [6, 6.07) is 14.0. The van der Waals surface area contributed by atoms with Crippen molar-refractivity contribution in [2.45, 2.75) is 43.9 Å². The minimum Gasteiger partial charge on any atom is -0.486 e. The SMILES string of the molecule is CN(C(=O)c1ccccn1)C1CCC2(CC1)CNCc1ccccc1O2. The highest BCUT2D eigenvalue weighted by atomic mass is 16.5. The molecule has 5 nitrogen and oxygen atoms in total. The number of carbonyl (C=O) groups excluding carboxylic acids is 1. The quantitative estimate of drug-likeness (QED) is 0.904. The lowest BCUT2D eigenvalue weighted by molar-refractivity contribution is 0.0101. The van der Waals surface area contributed by atoms with Gasteiger partial charge in [0.1, 0.15) is 17.0 Å². The second-order valence-electron chi connectivity index (χ2n) is 7.36. The van der Waals surface area contributed by atoms with Crippen molar-refractivity contribution in [1.82, 2.24) is 15.2 Å². The van der Waals surface area contributed by atoms with Crippen LogP contribution in [0.25, 0.3) is 0 Å². The number of benzene rings is 1. The fourth-order valence-electron chi connectivity index (χ4n) is 4.07. The molecule has 5 heteroatoms. The summed E-state index contributed by atoms with van der Waals surface area (Å²) < 4.78 is 6.48. The Morgan fingerprint density at radius 2 is 1.96 bits per heavy atom. The van der Waals surface area contributed by atoms with Crippen molar-refractivity contribution in [3.05, 3.63) is 59.9 Å². The van der Waals surface area contributed by atoms with Crippen LogP contribution in [0, 0.1) is 0 Å². The average Bonchev–Trinajstić information content (AvgIpc) is 2.87. The highest BCUT2D eigenvalue weighted by Crippen LogP contribution is 2.37. The zero-order valence-corrected chi connectivity index (χ0v) is 15.1. The lowest BCUT2D eigenvalue weighted by Gasteiger charge is -2.42. The summed E-state index contributed by atoms with van der Waals surface area (Å²) in [6.07, 6.45) is 5.44. The smallest absolute Gasteiger partial charge is 0.272 e. The van der Waals surface area contributed by atoms with Crippen molar-refractivity contribution in [3.8, 4) is 5.75 Å². The number of para-hydroxylation sites is 1. The molecule has 1 aromatic heterocycles. The first-order chi connectivity index (χ1) is 12.7. The molecule has 1 N–H and O–H groups in total. The Bertz CT molecular complexity index is 770. The number of amides is 1. The molecule has 1 saturated carbocycles. The lowest BCUT2D eigenvalue weighted by atomic mass is 9.81. The molecule has 1 aliphatic carbocycles. The number of hydrogen-bond acceptors (Lipinski definition) is 4. The van der Waals surface area contributed by atoms with E-state index in [1.54, 1.807) is 12.3 Å². The molecule has 1 amide bonds. The summed E-state index contributed by atoms with van der Waals surface area (Å²) in [5.74, 6) is 0.991. The Labute approximate surface area is 154 Å². The third kappa shape index (κ3) is 3.31. The Balaban J connectivity index is 1.43. The maximum absolute atomic E-state index is 12.7. The fourth-order valence-corrected chi connectivity index (χ4v) is 4.07. The van der Waals surface area contributed by atoms with Gasteiger partial charge in [-0.3, -0.25) is 9.78 Å². The number of ether oxygens (including phenoxy) is 1. The first-order valence-corrected chi connectivity index (χ1v) is 9.33. The third-order valence-corrected chi connectivity index (χ3v) is 5.68. The first kappa shape index (κ1) is 17.0. The van der Waals surface area contributed by atoms with Crippen LogP contribution in [0.2, 0.25) is 0 Å². The number of nitrogens with zero attached hydrogens (tertiary/aromatic N) is 2. The van der Waals surface area contributed by atoms with Gasteiger partial charge in [0.2, 0.25) is 0 Å². The summed E-state index contributed by atoms with van der Waals surface area (Å²) in [5.41, 5.74) is 1.56. The van der Waals surface area contributed by atoms with E-state index in [9.17, 15) is 4.79 Å². The van der Waals surface area contributed by atoms with Gasteiger partial charge in [-0.15, -0.1) is 0 Å². The lowest BCUT2D eigenvalue weighted by Crippen LogP contribution is -2.51. The molecule has 2 aliphatic rings. The monoisotopic (exact) mass is 351 g/mol. The third-order valence-electron chi connectivity index (χ3n) is 5.68. The van der Waals surface area contributed by atoms with Crippen LogP contribution in [0.4, 0.5) is 0 Å². The number of carbonyl (C=O) groups is 1. The van der Waals surface area contributed by atoms with Crippen molar-refractivity contribution in [2.75, 3.05) is 13.6 Å². The molecule has 0 saturated heterocycles. The van der Waals surface area contributed by atoms with Gasteiger partial charge in [0.05, 0.1) is 0 Å². The minimum atomic E-state index is -0.169. The van der Waals surface area contributed by atoms with E-state index in [0.29, 0.717) is 5.69 Å². The van der Waals surface area contributed by atoms with E-state index in [4.69, 9.17) is 4.74 Å². The zero-order valence-electron chi connectivity index (χ0n) is 15.1. The van der Waals surface area contributed by atoms with Crippen LogP contribution in [-0.4, -0.2) is 41.0 Å². The maximum atomic E-state index is 12.7. The van der Waals surface area contributed by atoms with E-state index in [1.807, 2.05) is 30.1 Å². The van der Waals surface area contributed by atoms with Crippen molar-refractivity contribution in [1.29, 1.82) is 0 Å². The van der Waals surface area contributed by atoms with E-state index in [-0.39, 0.29) is 17.6 Å². The molecule has 2 heterocycles. The van der Waals surface area contributed by atoms with Crippen molar-refractivity contribution in [3.63, 3.8) is 0 Å². The van der Waals surface area contributed by atoms with Gasteiger partial charge in [-0.25, -0.2) is 0 Å². The molecule has 0 unspecified atom stereocenters. The summed E-state index contributed by atoms with van der Waals surface area (Å²) in [6.45, 7) is 1.70. The molecule has 136 valence electrons. The van der Waals surface area contributed by atoms with Gasteiger partial charge < -0.3 is 15.0 Å². The number of aromatic nitrogens is 1. The van der Waals surface area contributed by atoms with Gasteiger partial charge in [-0.05, 0) is 43.9 Å². The van der Waals surface area contributed by atoms with Gasteiger partial charge >= 0.3 is 0 Å². The summed E-state index contributed by atoms with van der Waals surface area (Å²) >= 11 is 0. The summed E-state index contributed by atoms with van der Waals surface area (Å²) in [4.78, 5) is 18.7. The first-order valence-electron chi connectivity index (χ1n) is 9.33. The molecule has 26 heavy (non-hydrogen) atoms. The van der Waals surface area contributed by atoms with Crippen LogP contribution in [0.15, 0.2) is 48.7 Å². The van der Waals surface area contributed by atoms with E-state index >= 15 is 0 Å². The van der Waals surface area contributed by atoms with Crippen LogP contribution in [0.1, 0.15) is 41.7 Å². The number of pyridine rings is 1. The molecule has 1 spiro atoms. The van der Waals surface area contributed by atoms with E-state index in [1.165, 1.54) is 5.56 Å². The molecule has 1 fully saturated rings. The Kier molecular flexibility index (Phi) is 4.64. The Morgan fingerprint density at radius 1 is 1.19 bits per heavy atom. The molecule has 0 atom stereocenters. The van der Waals surface area contributed by atoms with Gasteiger partial charge in [0.15, 0.2) is 0 Å². The second-order valence-corrected chi connectivity index (χ2v) is 7.36. The number of nitrogens with one attached hydrogen (secondary N) is 1. The molecular weight excluding hydrogens is 326 g/mol. The Morgan fingerprint density at radius 3 is 2.73 bits per heavy atom. The Hall–Kier alpha value is -2.40. The number of hydrogen-bond donors (Lipinski definition) is 1. The largest absolute Gasteiger partial charge is 0.486 e. The minimum absolute atomic E-state index is 0.00296. The normalized spacial score (nSPS) is 25.0. The number of rotatable bonds is 2.